The number of amides is 1. The second kappa shape index (κ2) is 5.49. The molecular weight excluding hydrogens is 304 g/mol. The molecule has 0 atom stereocenters. The van der Waals surface area contributed by atoms with Crippen LogP contribution in [0.15, 0.2) is 47.1 Å². The third-order valence-corrected chi connectivity index (χ3v) is 4.02. The van der Waals surface area contributed by atoms with E-state index in [0.29, 0.717) is 12.4 Å². The van der Waals surface area contributed by atoms with Crippen molar-refractivity contribution in [1.29, 1.82) is 0 Å². The number of fused-ring (bicyclic) bond motifs is 2. The summed E-state index contributed by atoms with van der Waals surface area (Å²) < 4.78 is 6.93. The van der Waals surface area contributed by atoms with Crippen molar-refractivity contribution in [1.82, 2.24) is 14.8 Å². The van der Waals surface area contributed by atoms with Gasteiger partial charge in [-0.15, -0.1) is 0 Å². The Hall–Kier alpha value is -3.15. The number of pyridine rings is 1. The number of aromatic nitrogens is 3. The van der Waals surface area contributed by atoms with Gasteiger partial charge in [0.2, 0.25) is 0 Å². The molecule has 3 aromatic heterocycles. The van der Waals surface area contributed by atoms with Gasteiger partial charge < -0.3 is 9.73 Å². The minimum absolute atomic E-state index is 0.249. The molecule has 4 aromatic rings. The molecule has 1 N–H and O–H groups in total. The summed E-state index contributed by atoms with van der Waals surface area (Å²) in [5.74, 6) is 0.412. The minimum atomic E-state index is -0.327. The molecule has 0 bridgehead atoms. The largest absolute Gasteiger partial charge is 0.459 e. The lowest BCUT2D eigenvalue weighted by molar-refractivity contribution is 0.0996. The number of aryl methyl sites for hydroxylation is 2. The third kappa shape index (κ3) is 2.23. The number of benzene rings is 1. The summed E-state index contributed by atoms with van der Waals surface area (Å²) in [5, 5.41) is 9.14. The predicted octanol–water partition coefficient (Wildman–Crippen LogP) is 3.76. The second-order valence-electron chi connectivity index (χ2n) is 5.60. The number of carbonyl (C=O) groups excluding carboxylic acids is 1. The van der Waals surface area contributed by atoms with Crippen LogP contribution in [0.2, 0.25) is 0 Å². The molecule has 1 aromatic carbocycles. The summed E-state index contributed by atoms with van der Waals surface area (Å²) in [6, 6.07) is 11.3. The lowest BCUT2D eigenvalue weighted by Gasteiger charge is -2.03. The number of anilines is 1. The van der Waals surface area contributed by atoms with E-state index in [4.69, 9.17) is 9.40 Å². The van der Waals surface area contributed by atoms with Crippen LogP contribution in [-0.4, -0.2) is 20.7 Å². The van der Waals surface area contributed by atoms with Gasteiger partial charge in [0.1, 0.15) is 0 Å². The first-order valence-corrected chi connectivity index (χ1v) is 7.79. The Labute approximate surface area is 138 Å². The maximum atomic E-state index is 12.3. The number of rotatable bonds is 3. The smallest absolute Gasteiger partial charge is 0.292 e. The summed E-state index contributed by atoms with van der Waals surface area (Å²) >= 11 is 0. The Kier molecular flexibility index (Phi) is 3.30. The highest BCUT2D eigenvalue weighted by atomic mass is 16.3. The molecule has 0 spiro atoms. The highest BCUT2D eigenvalue weighted by Gasteiger charge is 2.17. The van der Waals surface area contributed by atoms with E-state index in [1.165, 1.54) is 6.26 Å². The maximum Gasteiger partial charge on any atom is 0.292 e. The topological polar surface area (TPSA) is 73.0 Å². The summed E-state index contributed by atoms with van der Waals surface area (Å²) in [7, 11) is 0. The fraction of sp³-hybridized carbons (Fsp3) is 0.167. The number of carbonyl (C=O) groups is 1. The van der Waals surface area contributed by atoms with E-state index < -0.39 is 0 Å². The predicted molar refractivity (Wildman–Crippen MR) is 92.1 cm³/mol. The van der Waals surface area contributed by atoms with E-state index in [2.05, 4.69) is 10.4 Å². The first-order chi connectivity index (χ1) is 11.7. The molecular formula is C18H16N4O2. The number of furan rings is 1. The molecule has 0 fully saturated rings. The molecule has 6 nitrogen and oxygen atoms in total. The van der Waals surface area contributed by atoms with Gasteiger partial charge in [0.25, 0.3) is 5.91 Å². The molecule has 0 unspecified atom stereocenters. The summed E-state index contributed by atoms with van der Waals surface area (Å²) in [4.78, 5) is 17.0. The van der Waals surface area contributed by atoms with Gasteiger partial charge in [-0.3, -0.25) is 4.79 Å². The number of nitrogens with zero attached hydrogens (tertiary/aromatic N) is 3. The zero-order valence-electron chi connectivity index (χ0n) is 13.4. The average molecular weight is 320 g/mol. The van der Waals surface area contributed by atoms with Gasteiger partial charge in [0, 0.05) is 11.9 Å². The van der Waals surface area contributed by atoms with Crippen LogP contribution in [0, 0.1) is 6.92 Å². The van der Waals surface area contributed by atoms with Gasteiger partial charge in [-0.25, -0.2) is 9.67 Å². The van der Waals surface area contributed by atoms with E-state index in [-0.39, 0.29) is 11.7 Å². The van der Waals surface area contributed by atoms with Gasteiger partial charge in [-0.05, 0) is 37.6 Å². The van der Waals surface area contributed by atoms with E-state index in [1.807, 2.05) is 38.1 Å². The van der Waals surface area contributed by atoms with Crippen LogP contribution >= 0.6 is 0 Å². The van der Waals surface area contributed by atoms with E-state index >= 15 is 0 Å². The number of hydrogen-bond donors (Lipinski definition) is 1. The Bertz CT molecular complexity index is 1050. The van der Waals surface area contributed by atoms with Crippen LogP contribution in [-0.2, 0) is 6.54 Å². The molecule has 3 heterocycles. The van der Waals surface area contributed by atoms with Gasteiger partial charge >= 0.3 is 0 Å². The van der Waals surface area contributed by atoms with Crippen molar-refractivity contribution >= 4 is 33.7 Å². The lowest BCUT2D eigenvalue weighted by Crippen LogP contribution is -2.11. The summed E-state index contributed by atoms with van der Waals surface area (Å²) in [6.45, 7) is 4.69. The van der Waals surface area contributed by atoms with Crippen molar-refractivity contribution in [3.63, 3.8) is 0 Å². The highest BCUT2D eigenvalue weighted by molar-refractivity contribution is 6.07. The van der Waals surface area contributed by atoms with Crippen molar-refractivity contribution in [3.8, 4) is 0 Å². The standard InChI is InChI=1S/C18H16N4O2/c1-3-22-17-13(10-12-7-4-6-11(2)15(12)19-17)16(21-22)20-18(23)14-8-5-9-24-14/h4-10H,3H2,1-2H3,(H,20,21,23). The van der Waals surface area contributed by atoms with Crippen LogP contribution in [0.5, 0.6) is 0 Å². The highest BCUT2D eigenvalue weighted by Crippen LogP contribution is 2.27. The minimum Gasteiger partial charge on any atom is -0.459 e. The Balaban J connectivity index is 1.88. The molecule has 24 heavy (non-hydrogen) atoms. The molecule has 120 valence electrons. The monoisotopic (exact) mass is 320 g/mol. The fourth-order valence-electron chi connectivity index (χ4n) is 2.82. The molecule has 0 saturated carbocycles. The van der Waals surface area contributed by atoms with Crippen LogP contribution in [0.1, 0.15) is 23.0 Å². The van der Waals surface area contributed by atoms with Crippen molar-refractivity contribution < 1.29 is 9.21 Å². The summed E-state index contributed by atoms with van der Waals surface area (Å²) in [5.41, 5.74) is 2.82. The number of nitrogens with one attached hydrogen (secondary N) is 1. The first kappa shape index (κ1) is 14.4. The molecule has 0 saturated heterocycles. The molecule has 6 heteroatoms. The Morgan fingerprint density at radius 3 is 2.92 bits per heavy atom. The Morgan fingerprint density at radius 1 is 1.29 bits per heavy atom. The van der Waals surface area contributed by atoms with Crippen LogP contribution in [0.3, 0.4) is 0 Å². The van der Waals surface area contributed by atoms with Crippen LogP contribution in [0.4, 0.5) is 5.82 Å². The average Bonchev–Trinajstić information content (AvgIpc) is 3.22. The molecule has 0 aliphatic heterocycles. The molecule has 0 radical (unpaired) electrons. The molecule has 1 amide bonds. The molecule has 0 aliphatic carbocycles. The fourth-order valence-corrected chi connectivity index (χ4v) is 2.82. The van der Waals surface area contributed by atoms with E-state index in [1.54, 1.807) is 16.8 Å². The normalized spacial score (nSPS) is 11.2. The second-order valence-corrected chi connectivity index (χ2v) is 5.60. The number of hydrogen-bond acceptors (Lipinski definition) is 4. The zero-order chi connectivity index (χ0) is 16.7. The van der Waals surface area contributed by atoms with E-state index in [0.717, 1.165) is 27.5 Å². The van der Waals surface area contributed by atoms with Crippen molar-refractivity contribution in [2.75, 3.05) is 5.32 Å². The van der Waals surface area contributed by atoms with Crippen molar-refractivity contribution in [3.05, 3.63) is 54.0 Å². The van der Waals surface area contributed by atoms with Gasteiger partial charge in [-0.2, -0.15) is 5.10 Å². The van der Waals surface area contributed by atoms with Gasteiger partial charge in [-0.1, -0.05) is 18.2 Å². The summed E-state index contributed by atoms with van der Waals surface area (Å²) in [6.07, 6.45) is 1.47. The van der Waals surface area contributed by atoms with Crippen LogP contribution in [0.25, 0.3) is 21.9 Å². The maximum absolute atomic E-state index is 12.3. The van der Waals surface area contributed by atoms with Crippen molar-refractivity contribution in [2.24, 2.45) is 0 Å². The molecule has 4 rings (SSSR count). The van der Waals surface area contributed by atoms with Gasteiger partial charge in [0.15, 0.2) is 17.2 Å². The van der Waals surface area contributed by atoms with Crippen molar-refractivity contribution in [2.45, 2.75) is 20.4 Å². The van der Waals surface area contributed by atoms with E-state index in [9.17, 15) is 4.79 Å². The third-order valence-electron chi connectivity index (χ3n) is 4.02. The SMILES string of the molecule is CCn1nc(NC(=O)c2ccco2)c2cc3cccc(C)c3nc21. The van der Waals surface area contributed by atoms with Gasteiger partial charge in [0.05, 0.1) is 17.2 Å². The zero-order valence-corrected chi connectivity index (χ0v) is 13.4. The molecule has 0 aliphatic rings. The quantitative estimate of drug-likeness (QED) is 0.624. The number of para-hydroxylation sites is 1. The Morgan fingerprint density at radius 2 is 2.17 bits per heavy atom. The lowest BCUT2D eigenvalue weighted by atomic mass is 10.1. The first-order valence-electron chi connectivity index (χ1n) is 7.79. The van der Waals surface area contributed by atoms with Crippen LogP contribution < -0.4 is 5.32 Å².